The van der Waals surface area contributed by atoms with Crippen molar-refractivity contribution >= 4 is 17.6 Å². The lowest BCUT2D eigenvalue weighted by Gasteiger charge is -2.16. The number of anilines is 1. The number of carbonyl (C=O) groups excluding carboxylic acids is 2. The van der Waals surface area contributed by atoms with Crippen LogP contribution in [0.4, 0.5) is 10.5 Å². The number of likely N-dealkylation sites (tertiary alicyclic amines) is 1. The summed E-state index contributed by atoms with van der Waals surface area (Å²) in [5, 5.41) is 9.88. The molecule has 7 nitrogen and oxygen atoms in total. The number of nitrogens with zero attached hydrogens (tertiary/aromatic N) is 3. The molecule has 2 N–H and O–H groups in total. The summed E-state index contributed by atoms with van der Waals surface area (Å²) in [5.41, 5.74) is 1.70. The molecule has 2 heterocycles. The van der Waals surface area contributed by atoms with Crippen molar-refractivity contribution in [3.8, 4) is 0 Å². The summed E-state index contributed by atoms with van der Waals surface area (Å²) in [6, 6.07) is 9.33. The summed E-state index contributed by atoms with van der Waals surface area (Å²) in [5.74, 6) is -0.0259. The van der Waals surface area contributed by atoms with Crippen molar-refractivity contribution in [1.29, 1.82) is 0 Å². The first kappa shape index (κ1) is 17.0. The van der Waals surface area contributed by atoms with E-state index in [-0.39, 0.29) is 11.9 Å². The number of aryl methyl sites for hydroxylation is 1. The summed E-state index contributed by atoms with van der Waals surface area (Å²) in [6.45, 7) is 2.63. The van der Waals surface area contributed by atoms with Gasteiger partial charge in [-0.05, 0) is 36.6 Å². The number of hydrogen-bond acceptors (Lipinski definition) is 3. The van der Waals surface area contributed by atoms with Crippen LogP contribution in [0, 0.1) is 0 Å². The van der Waals surface area contributed by atoms with Crippen LogP contribution in [0.5, 0.6) is 0 Å². The minimum absolute atomic E-state index is 0.0259. The van der Waals surface area contributed by atoms with Crippen LogP contribution >= 0.6 is 0 Å². The maximum atomic E-state index is 12.1. The Kier molecular flexibility index (Phi) is 5.66. The first-order valence-electron chi connectivity index (χ1n) is 8.60. The molecular weight excluding hydrogens is 318 g/mol. The van der Waals surface area contributed by atoms with E-state index >= 15 is 0 Å². The van der Waals surface area contributed by atoms with Crippen molar-refractivity contribution in [2.45, 2.75) is 32.4 Å². The molecule has 1 aromatic carbocycles. The lowest BCUT2D eigenvalue weighted by Crippen LogP contribution is -2.32. The van der Waals surface area contributed by atoms with Crippen LogP contribution in [0.15, 0.2) is 42.7 Å². The molecule has 0 atom stereocenters. The second-order valence-electron chi connectivity index (χ2n) is 6.12. The quantitative estimate of drug-likeness (QED) is 0.845. The number of benzene rings is 1. The van der Waals surface area contributed by atoms with Crippen molar-refractivity contribution < 1.29 is 9.59 Å². The fourth-order valence-corrected chi connectivity index (χ4v) is 2.82. The van der Waals surface area contributed by atoms with Crippen molar-refractivity contribution in [2.75, 3.05) is 18.4 Å². The molecule has 0 unspecified atom stereocenters. The number of rotatable bonds is 6. The van der Waals surface area contributed by atoms with Crippen LogP contribution in [-0.4, -0.2) is 39.7 Å². The standard InChI is InChI=1S/C18H23N5O2/c24-17(7-12-23-11-4-8-20-23)19-14-15-5-3-6-16(13-15)21-18(25)22-9-1-2-10-22/h3-6,8,11,13H,1-2,7,9-10,12,14H2,(H,19,24)(H,21,25). The van der Waals surface area contributed by atoms with Gasteiger partial charge in [0.2, 0.25) is 5.91 Å². The summed E-state index contributed by atoms with van der Waals surface area (Å²) >= 11 is 0. The van der Waals surface area contributed by atoms with Crippen molar-refractivity contribution in [3.05, 3.63) is 48.3 Å². The maximum absolute atomic E-state index is 12.1. The minimum atomic E-state index is -0.0575. The normalized spacial score (nSPS) is 13.7. The van der Waals surface area contributed by atoms with E-state index in [1.165, 1.54) is 0 Å². The van der Waals surface area contributed by atoms with Crippen molar-refractivity contribution in [1.82, 2.24) is 20.0 Å². The highest BCUT2D eigenvalue weighted by Gasteiger charge is 2.17. The Morgan fingerprint density at radius 3 is 2.76 bits per heavy atom. The van der Waals surface area contributed by atoms with Crippen LogP contribution in [0.1, 0.15) is 24.8 Å². The molecule has 1 fully saturated rings. The SMILES string of the molecule is O=C(CCn1cccn1)NCc1cccc(NC(=O)N2CCCC2)c1. The molecule has 132 valence electrons. The van der Waals surface area contributed by atoms with Gasteiger partial charge in [-0.3, -0.25) is 9.48 Å². The third kappa shape index (κ3) is 5.07. The average molecular weight is 341 g/mol. The molecule has 7 heteroatoms. The van der Waals surface area contributed by atoms with Gasteiger partial charge in [0.05, 0.1) is 0 Å². The Morgan fingerprint density at radius 1 is 1.16 bits per heavy atom. The fourth-order valence-electron chi connectivity index (χ4n) is 2.82. The van der Waals surface area contributed by atoms with Crippen LogP contribution < -0.4 is 10.6 Å². The molecule has 0 bridgehead atoms. The van der Waals surface area contributed by atoms with E-state index in [2.05, 4.69) is 15.7 Å². The zero-order valence-corrected chi connectivity index (χ0v) is 14.1. The third-order valence-corrected chi connectivity index (χ3v) is 4.19. The zero-order valence-electron chi connectivity index (χ0n) is 14.1. The number of hydrogen-bond donors (Lipinski definition) is 2. The van der Waals surface area contributed by atoms with Crippen LogP contribution in [-0.2, 0) is 17.9 Å². The Balaban J connectivity index is 1.46. The van der Waals surface area contributed by atoms with E-state index in [9.17, 15) is 9.59 Å². The summed E-state index contributed by atoms with van der Waals surface area (Å²) in [7, 11) is 0. The van der Waals surface area contributed by atoms with Crippen molar-refractivity contribution in [2.24, 2.45) is 0 Å². The van der Waals surface area contributed by atoms with E-state index in [0.29, 0.717) is 19.5 Å². The highest BCUT2D eigenvalue weighted by Crippen LogP contribution is 2.14. The van der Waals surface area contributed by atoms with E-state index in [0.717, 1.165) is 37.2 Å². The molecule has 1 aliphatic rings. The summed E-state index contributed by atoms with van der Waals surface area (Å²) in [4.78, 5) is 25.9. The number of amides is 3. The van der Waals surface area contributed by atoms with Gasteiger partial charge in [-0.15, -0.1) is 0 Å². The monoisotopic (exact) mass is 341 g/mol. The first-order chi connectivity index (χ1) is 12.2. The Hall–Kier alpha value is -2.83. The van der Waals surface area contributed by atoms with Gasteiger partial charge in [0.15, 0.2) is 0 Å². The van der Waals surface area contributed by atoms with Gasteiger partial charge in [0.25, 0.3) is 0 Å². The molecule has 0 aliphatic carbocycles. The second kappa shape index (κ2) is 8.32. The molecule has 0 radical (unpaired) electrons. The van der Waals surface area contributed by atoms with Gasteiger partial charge in [-0.2, -0.15) is 5.10 Å². The fraction of sp³-hybridized carbons (Fsp3) is 0.389. The molecule has 0 spiro atoms. The number of carbonyl (C=O) groups is 2. The topological polar surface area (TPSA) is 79.3 Å². The third-order valence-electron chi connectivity index (χ3n) is 4.19. The predicted octanol–water partition coefficient (Wildman–Crippen LogP) is 2.22. The van der Waals surface area contributed by atoms with Crippen molar-refractivity contribution in [3.63, 3.8) is 0 Å². The summed E-state index contributed by atoms with van der Waals surface area (Å²) in [6.07, 6.45) is 6.04. The molecule has 1 aliphatic heterocycles. The van der Waals surface area contributed by atoms with E-state index in [4.69, 9.17) is 0 Å². The van der Waals surface area contributed by atoms with Gasteiger partial charge in [0, 0.05) is 50.7 Å². The van der Waals surface area contributed by atoms with Crippen LogP contribution in [0.2, 0.25) is 0 Å². The van der Waals surface area contributed by atoms with Crippen LogP contribution in [0.25, 0.3) is 0 Å². The molecule has 0 saturated carbocycles. The largest absolute Gasteiger partial charge is 0.352 e. The molecule has 25 heavy (non-hydrogen) atoms. The number of nitrogens with one attached hydrogen (secondary N) is 2. The summed E-state index contributed by atoms with van der Waals surface area (Å²) < 4.78 is 1.73. The average Bonchev–Trinajstić information content (AvgIpc) is 3.32. The smallest absolute Gasteiger partial charge is 0.321 e. The predicted molar refractivity (Wildman–Crippen MR) is 95.0 cm³/mol. The molecule has 1 aromatic heterocycles. The van der Waals surface area contributed by atoms with Gasteiger partial charge < -0.3 is 15.5 Å². The Bertz CT molecular complexity index is 708. The highest BCUT2D eigenvalue weighted by atomic mass is 16.2. The minimum Gasteiger partial charge on any atom is -0.352 e. The zero-order chi connectivity index (χ0) is 17.5. The molecule has 2 aromatic rings. The van der Waals surface area contributed by atoms with Gasteiger partial charge in [0.1, 0.15) is 0 Å². The molecule has 3 rings (SSSR count). The van der Waals surface area contributed by atoms with Gasteiger partial charge >= 0.3 is 6.03 Å². The van der Waals surface area contributed by atoms with E-state index < -0.39 is 0 Å². The highest BCUT2D eigenvalue weighted by molar-refractivity contribution is 5.89. The number of urea groups is 1. The Morgan fingerprint density at radius 2 is 2.00 bits per heavy atom. The van der Waals surface area contributed by atoms with E-state index in [1.54, 1.807) is 10.9 Å². The molecule has 3 amide bonds. The lowest BCUT2D eigenvalue weighted by atomic mass is 10.2. The molecule has 1 saturated heterocycles. The number of aromatic nitrogens is 2. The van der Waals surface area contributed by atoms with Crippen LogP contribution in [0.3, 0.4) is 0 Å². The second-order valence-corrected chi connectivity index (χ2v) is 6.12. The van der Waals surface area contributed by atoms with Gasteiger partial charge in [-0.25, -0.2) is 4.79 Å². The first-order valence-corrected chi connectivity index (χ1v) is 8.60. The lowest BCUT2D eigenvalue weighted by molar-refractivity contribution is -0.121. The Labute approximate surface area is 147 Å². The maximum Gasteiger partial charge on any atom is 0.321 e. The molecular formula is C18H23N5O2. The van der Waals surface area contributed by atoms with Gasteiger partial charge in [-0.1, -0.05) is 12.1 Å². The van der Waals surface area contributed by atoms with E-state index in [1.807, 2.05) is 41.4 Å².